The number of aromatic nitrogens is 2. The molecule has 4 aromatic rings. The molecule has 144 valence electrons. The number of carbonyl (C=O) groups is 1. The molecule has 0 saturated heterocycles. The van der Waals surface area contributed by atoms with E-state index >= 15 is 0 Å². The van der Waals surface area contributed by atoms with Crippen LogP contribution in [0.1, 0.15) is 21.7 Å². The highest BCUT2D eigenvalue weighted by atomic mass is 16.6. The number of nitro benzene ring substituents is 1. The van der Waals surface area contributed by atoms with Gasteiger partial charge in [0.05, 0.1) is 16.0 Å². The number of hydrogen-bond donors (Lipinski definition) is 1. The number of benzene rings is 3. The number of nitrogens with one attached hydrogen (secondary N) is 1. The standard InChI is InChI=1S/C22H18N4O3/c1-15-24-20-13-17(9-12-21(20)25(15)18-5-3-2-4-6-18)22(27)23-14-16-7-10-19(11-8-16)26(28)29/h2-13H,14H2,1H3,(H,23,27). The minimum Gasteiger partial charge on any atom is -0.348 e. The van der Waals surface area contributed by atoms with Crippen LogP contribution < -0.4 is 5.32 Å². The number of aryl methyl sites for hydroxylation is 1. The molecule has 0 fully saturated rings. The van der Waals surface area contributed by atoms with Crippen molar-refractivity contribution in [2.45, 2.75) is 13.5 Å². The van der Waals surface area contributed by atoms with Crippen molar-refractivity contribution in [1.82, 2.24) is 14.9 Å². The zero-order valence-electron chi connectivity index (χ0n) is 15.7. The number of nitrogens with zero attached hydrogens (tertiary/aromatic N) is 3. The number of fused-ring (bicyclic) bond motifs is 1. The molecule has 0 saturated carbocycles. The molecule has 0 bridgehead atoms. The number of hydrogen-bond acceptors (Lipinski definition) is 4. The number of carbonyl (C=O) groups excluding carboxylic acids is 1. The third-order valence-electron chi connectivity index (χ3n) is 4.70. The van der Waals surface area contributed by atoms with Crippen molar-refractivity contribution in [2.24, 2.45) is 0 Å². The van der Waals surface area contributed by atoms with E-state index in [2.05, 4.69) is 10.3 Å². The summed E-state index contributed by atoms with van der Waals surface area (Å²) in [5.74, 6) is 0.617. The summed E-state index contributed by atoms with van der Waals surface area (Å²) in [5, 5.41) is 13.6. The topological polar surface area (TPSA) is 90.1 Å². The molecule has 0 unspecified atom stereocenters. The Bertz CT molecular complexity index is 1200. The van der Waals surface area contributed by atoms with E-state index in [4.69, 9.17) is 0 Å². The summed E-state index contributed by atoms with van der Waals surface area (Å²) in [5.41, 5.74) is 4.01. The van der Waals surface area contributed by atoms with Gasteiger partial charge in [-0.3, -0.25) is 19.5 Å². The van der Waals surface area contributed by atoms with Crippen LogP contribution in [0, 0.1) is 17.0 Å². The fourth-order valence-corrected chi connectivity index (χ4v) is 3.26. The molecule has 7 heteroatoms. The van der Waals surface area contributed by atoms with Gasteiger partial charge in [-0.2, -0.15) is 0 Å². The Hall–Kier alpha value is -4.00. The second-order valence-corrected chi connectivity index (χ2v) is 6.64. The van der Waals surface area contributed by atoms with Crippen molar-refractivity contribution in [3.63, 3.8) is 0 Å². The van der Waals surface area contributed by atoms with Gasteiger partial charge in [0, 0.05) is 29.9 Å². The molecule has 7 nitrogen and oxygen atoms in total. The monoisotopic (exact) mass is 386 g/mol. The lowest BCUT2D eigenvalue weighted by atomic mass is 10.1. The van der Waals surface area contributed by atoms with Crippen molar-refractivity contribution < 1.29 is 9.72 Å². The first-order chi connectivity index (χ1) is 14.0. The van der Waals surface area contributed by atoms with E-state index in [1.807, 2.05) is 47.9 Å². The average molecular weight is 386 g/mol. The highest BCUT2D eigenvalue weighted by molar-refractivity contribution is 5.97. The molecule has 29 heavy (non-hydrogen) atoms. The molecule has 3 aromatic carbocycles. The molecule has 0 aliphatic heterocycles. The Labute approximate surface area is 166 Å². The Balaban J connectivity index is 1.53. The molecule has 0 atom stereocenters. The summed E-state index contributed by atoms with van der Waals surface area (Å²) in [4.78, 5) is 27.4. The van der Waals surface area contributed by atoms with Crippen LogP contribution in [0.25, 0.3) is 16.7 Å². The van der Waals surface area contributed by atoms with Crippen LogP contribution >= 0.6 is 0 Å². The number of para-hydroxylation sites is 1. The van der Waals surface area contributed by atoms with Gasteiger partial charge in [-0.05, 0) is 42.8 Å². The summed E-state index contributed by atoms with van der Waals surface area (Å²) in [7, 11) is 0. The van der Waals surface area contributed by atoms with E-state index in [0.29, 0.717) is 5.56 Å². The summed E-state index contributed by atoms with van der Waals surface area (Å²) in [6, 6.07) is 21.5. The maximum Gasteiger partial charge on any atom is 0.269 e. The van der Waals surface area contributed by atoms with Crippen LogP contribution in [0.5, 0.6) is 0 Å². The van der Waals surface area contributed by atoms with E-state index in [-0.39, 0.29) is 18.1 Å². The van der Waals surface area contributed by atoms with Gasteiger partial charge in [0.15, 0.2) is 0 Å². The molecule has 4 rings (SSSR count). The van der Waals surface area contributed by atoms with Crippen molar-refractivity contribution >= 4 is 22.6 Å². The van der Waals surface area contributed by atoms with E-state index < -0.39 is 4.92 Å². The van der Waals surface area contributed by atoms with Crippen LogP contribution in [-0.2, 0) is 6.54 Å². The molecule has 1 N–H and O–H groups in total. The lowest BCUT2D eigenvalue weighted by Gasteiger charge is -2.08. The molecule has 1 amide bonds. The second-order valence-electron chi connectivity index (χ2n) is 6.64. The Kier molecular flexibility index (Phi) is 4.78. The van der Waals surface area contributed by atoms with Gasteiger partial charge in [0.2, 0.25) is 0 Å². The first-order valence-corrected chi connectivity index (χ1v) is 9.09. The van der Waals surface area contributed by atoms with Gasteiger partial charge < -0.3 is 5.32 Å². The van der Waals surface area contributed by atoms with Crippen molar-refractivity contribution in [3.8, 4) is 5.69 Å². The first kappa shape index (κ1) is 18.4. The first-order valence-electron chi connectivity index (χ1n) is 9.09. The van der Waals surface area contributed by atoms with Gasteiger partial charge in [-0.1, -0.05) is 30.3 Å². The fourth-order valence-electron chi connectivity index (χ4n) is 3.26. The van der Waals surface area contributed by atoms with Gasteiger partial charge in [0.25, 0.3) is 11.6 Å². The lowest BCUT2D eigenvalue weighted by Crippen LogP contribution is -2.22. The smallest absolute Gasteiger partial charge is 0.269 e. The number of amides is 1. The van der Waals surface area contributed by atoms with Gasteiger partial charge in [-0.15, -0.1) is 0 Å². The Morgan fingerprint density at radius 2 is 1.79 bits per heavy atom. The highest BCUT2D eigenvalue weighted by Gasteiger charge is 2.13. The molecule has 1 heterocycles. The molecular formula is C22H18N4O3. The average Bonchev–Trinajstić information content (AvgIpc) is 3.07. The normalized spacial score (nSPS) is 10.8. The van der Waals surface area contributed by atoms with Crippen molar-refractivity contribution in [2.75, 3.05) is 0 Å². The van der Waals surface area contributed by atoms with Crippen LogP contribution in [0.2, 0.25) is 0 Å². The Morgan fingerprint density at radius 1 is 1.07 bits per heavy atom. The number of rotatable bonds is 5. The van der Waals surface area contributed by atoms with E-state index in [9.17, 15) is 14.9 Å². The van der Waals surface area contributed by atoms with E-state index in [0.717, 1.165) is 28.1 Å². The number of imidazole rings is 1. The second kappa shape index (κ2) is 7.55. The van der Waals surface area contributed by atoms with Crippen LogP contribution in [-0.4, -0.2) is 20.4 Å². The van der Waals surface area contributed by atoms with Gasteiger partial charge in [-0.25, -0.2) is 4.98 Å². The van der Waals surface area contributed by atoms with Crippen LogP contribution in [0.4, 0.5) is 5.69 Å². The largest absolute Gasteiger partial charge is 0.348 e. The maximum atomic E-state index is 12.5. The molecule has 0 aliphatic rings. The summed E-state index contributed by atoms with van der Waals surface area (Å²) >= 11 is 0. The predicted molar refractivity (Wildman–Crippen MR) is 110 cm³/mol. The molecule has 0 aliphatic carbocycles. The third-order valence-corrected chi connectivity index (χ3v) is 4.70. The summed E-state index contributed by atoms with van der Waals surface area (Å²) < 4.78 is 2.05. The minimum absolute atomic E-state index is 0.0231. The number of non-ortho nitro benzene ring substituents is 1. The van der Waals surface area contributed by atoms with Crippen LogP contribution in [0.3, 0.4) is 0 Å². The van der Waals surface area contributed by atoms with E-state index in [1.54, 1.807) is 24.3 Å². The van der Waals surface area contributed by atoms with E-state index in [1.165, 1.54) is 12.1 Å². The van der Waals surface area contributed by atoms with Gasteiger partial charge in [0.1, 0.15) is 5.82 Å². The lowest BCUT2D eigenvalue weighted by molar-refractivity contribution is -0.384. The summed E-state index contributed by atoms with van der Waals surface area (Å²) in [6.45, 7) is 2.22. The van der Waals surface area contributed by atoms with Crippen LogP contribution in [0.15, 0.2) is 72.8 Å². The minimum atomic E-state index is -0.450. The third kappa shape index (κ3) is 3.70. The molecule has 1 aromatic heterocycles. The van der Waals surface area contributed by atoms with Crippen molar-refractivity contribution in [1.29, 1.82) is 0 Å². The predicted octanol–water partition coefficient (Wildman–Crippen LogP) is 4.17. The maximum absolute atomic E-state index is 12.5. The quantitative estimate of drug-likeness (QED) is 0.412. The summed E-state index contributed by atoms with van der Waals surface area (Å²) in [6.07, 6.45) is 0. The molecule has 0 spiro atoms. The van der Waals surface area contributed by atoms with Crippen molar-refractivity contribution in [3.05, 3.63) is 99.9 Å². The zero-order valence-corrected chi connectivity index (χ0v) is 15.7. The Morgan fingerprint density at radius 3 is 2.48 bits per heavy atom. The zero-order chi connectivity index (χ0) is 20.4. The SMILES string of the molecule is Cc1nc2cc(C(=O)NCc3ccc([N+](=O)[O-])cc3)ccc2n1-c1ccccc1. The highest BCUT2D eigenvalue weighted by Crippen LogP contribution is 2.22. The number of nitro groups is 1. The fraction of sp³-hybridized carbons (Fsp3) is 0.0909. The molecular weight excluding hydrogens is 368 g/mol. The van der Waals surface area contributed by atoms with Gasteiger partial charge >= 0.3 is 0 Å². The molecule has 0 radical (unpaired) electrons.